The number of hydrogen-bond acceptors (Lipinski definition) is 4. The van der Waals surface area contributed by atoms with E-state index in [1.165, 1.54) is 0 Å². The van der Waals surface area contributed by atoms with Gasteiger partial charge in [0.05, 0.1) is 0 Å². The minimum atomic E-state index is 0.125. The fourth-order valence-corrected chi connectivity index (χ4v) is 1.09. The van der Waals surface area contributed by atoms with E-state index in [0.717, 1.165) is 18.7 Å². The minimum Gasteiger partial charge on any atom is -0.425 e. The zero-order valence-electron chi connectivity index (χ0n) is 9.16. The van der Waals surface area contributed by atoms with Crippen LogP contribution in [0.15, 0.2) is 4.42 Å². The summed E-state index contributed by atoms with van der Waals surface area (Å²) >= 11 is 0. The quantitative estimate of drug-likeness (QED) is 0.782. The van der Waals surface area contributed by atoms with Crippen molar-refractivity contribution >= 4 is 0 Å². The molecule has 4 nitrogen and oxygen atoms in total. The van der Waals surface area contributed by atoms with Crippen molar-refractivity contribution in [2.24, 2.45) is 5.73 Å². The van der Waals surface area contributed by atoms with Gasteiger partial charge in [-0.2, -0.15) is 0 Å². The van der Waals surface area contributed by atoms with Crippen molar-refractivity contribution in [3.8, 4) is 0 Å². The van der Waals surface area contributed by atoms with Gasteiger partial charge in [0, 0.05) is 18.4 Å². The Labute approximate surface area is 84.9 Å². The lowest BCUT2D eigenvalue weighted by atomic mass is 10.1. The molecule has 14 heavy (non-hydrogen) atoms. The first-order chi connectivity index (χ1) is 6.67. The second-order valence-electron chi connectivity index (χ2n) is 3.72. The predicted molar refractivity (Wildman–Crippen MR) is 55.0 cm³/mol. The van der Waals surface area contributed by atoms with Gasteiger partial charge in [0.1, 0.15) is 0 Å². The summed E-state index contributed by atoms with van der Waals surface area (Å²) in [4.78, 5) is 0. The molecule has 2 unspecified atom stereocenters. The number of hydrogen-bond donors (Lipinski definition) is 1. The molecule has 0 radical (unpaired) electrons. The van der Waals surface area contributed by atoms with E-state index in [9.17, 15) is 0 Å². The van der Waals surface area contributed by atoms with E-state index in [4.69, 9.17) is 10.2 Å². The van der Waals surface area contributed by atoms with Gasteiger partial charge in [-0.25, -0.2) is 0 Å². The molecule has 0 aliphatic heterocycles. The van der Waals surface area contributed by atoms with Crippen molar-refractivity contribution in [2.45, 2.75) is 52.0 Å². The standard InChI is InChI=1S/C10H19N3O/c1-4-7(3)10-13-12-9(14-10)6-8(11)5-2/h7-8H,4-6,11H2,1-3H3. The summed E-state index contributed by atoms with van der Waals surface area (Å²) < 4.78 is 5.51. The van der Waals surface area contributed by atoms with Gasteiger partial charge in [0.15, 0.2) is 0 Å². The molecule has 0 aliphatic carbocycles. The molecule has 4 heteroatoms. The molecule has 0 amide bonds. The van der Waals surface area contributed by atoms with Crippen LogP contribution < -0.4 is 5.73 Å². The minimum absolute atomic E-state index is 0.125. The monoisotopic (exact) mass is 197 g/mol. The van der Waals surface area contributed by atoms with Crippen LogP contribution in [-0.2, 0) is 6.42 Å². The molecule has 0 saturated carbocycles. The lowest BCUT2D eigenvalue weighted by molar-refractivity contribution is 0.407. The van der Waals surface area contributed by atoms with Crippen molar-refractivity contribution in [3.05, 3.63) is 11.8 Å². The summed E-state index contributed by atoms with van der Waals surface area (Å²) in [6.07, 6.45) is 2.63. The van der Waals surface area contributed by atoms with Crippen LogP contribution in [0.25, 0.3) is 0 Å². The second kappa shape index (κ2) is 5.10. The maximum Gasteiger partial charge on any atom is 0.219 e. The fraction of sp³-hybridized carbons (Fsp3) is 0.800. The molecular weight excluding hydrogens is 178 g/mol. The van der Waals surface area contributed by atoms with Crippen LogP contribution >= 0.6 is 0 Å². The van der Waals surface area contributed by atoms with Gasteiger partial charge in [-0.1, -0.05) is 20.8 Å². The van der Waals surface area contributed by atoms with Crippen LogP contribution in [0.2, 0.25) is 0 Å². The first-order valence-electron chi connectivity index (χ1n) is 5.25. The molecule has 1 aromatic rings. The van der Waals surface area contributed by atoms with Crippen molar-refractivity contribution in [1.29, 1.82) is 0 Å². The molecule has 0 saturated heterocycles. The molecule has 1 aromatic heterocycles. The van der Waals surface area contributed by atoms with Gasteiger partial charge >= 0.3 is 0 Å². The van der Waals surface area contributed by atoms with Crippen LogP contribution in [0, 0.1) is 0 Å². The van der Waals surface area contributed by atoms with Gasteiger partial charge in [-0.05, 0) is 12.8 Å². The summed E-state index contributed by atoms with van der Waals surface area (Å²) in [6.45, 7) is 6.24. The van der Waals surface area contributed by atoms with Crippen LogP contribution in [-0.4, -0.2) is 16.2 Å². The van der Waals surface area contributed by atoms with Gasteiger partial charge in [-0.3, -0.25) is 0 Å². The molecule has 80 valence electrons. The lowest BCUT2D eigenvalue weighted by Gasteiger charge is -2.03. The Morgan fingerprint density at radius 3 is 2.57 bits per heavy atom. The SMILES string of the molecule is CCC(N)Cc1nnc(C(C)CC)o1. The summed E-state index contributed by atoms with van der Waals surface area (Å²) in [5, 5.41) is 7.98. The first-order valence-corrected chi connectivity index (χ1v) is 5.25. The Hall–Kier alpha value is -0.900. The Morgan fingerprint density at radius 2 is 2.00 bits per heavy atom. The highest BCUT2D eigenvalue weighted by Gasteiger charge is 2.13. The molecule has 1 heterocycles. The van der Waals surface area contributed by atoms with E-state index >= 15 is 0 Å². The van der Waals surface area contributed by atoms with Gasteiger partial charge in [0.25, 0.3) is 0 Å². The highest BCUT2D eigenvalue weighted by Crippen LogP contribution is 2.17. The van der Waals surface area contributed by atoms with Gasteiger partial charge in [0.2, 0.25) is 11.8 Å². The van der Waals surface area contributed by atoms with Crippen LogP contribution in [0.4, 0.5) is 0 Å². The van der Waals surface area contributed by atoms with Crippen LogP contribution in [0.1, 0.15) is 51.3 Å². The third-order valence-corrected chi connectivity index (χ3v) is 2.48. The summed E-state index contributed by atoms with van der Waals surface area (Å²) in [5.74, 6) is 1.73. The molecule has 0 aromatic carbocycles. The van der Waals surface area contributed by atoms with E-state index in [1.807, 2.05) is 0 Å². The number of rotatable bonds is 5. The average Bonchev–Trinajstić information content (AvgIpc) is 2.65. The number of aromatic nitrogens is 2. The third kappa shape index (κ3) is 2.80. The number of nitrogens with two attached hydrogens (primary N) is 1. The van der Waals surface area contributed by atoms with E-state index in [0.29, 0.717) is 18.2 Å². The normalized spacial score (nSPS) is 15.4. The van der Waals surface area contributed by atoms with Gasteiger partial charge in [-0.15, -0.1) is 10.2 Å². The second-order valence-corrected chi connectivity index (χ2v) is 3.72. The molecule has 2 atom stereocenters. The van der Waals surface area contributed by atoms with Crippen molar-refractivity contribution in [1.82, 2.24) is 10.2 Å². The van der Waals surface area contributed by atoms with E-state index in [2.05, 4.69) is 31.0 Å². The predicted octanol–water partition coefficient (Wildman–Crippen LogP) is 1.86. The molecule has 2 N–H and O–H groups in total. The average molecular weight is 197 g/mol. The maximum atomic E-state index is 5.80. The Balaban J connectivity index is 2.59. The largest absolute Gasteiger partial charge is 0.425 e. The fourth-order valence-electron chi connectivity index (χ4n) is 1.09. The molecule has 1 rings (SSSR count). The molecule has 0 aliphatic rings. The highest BCUT2D eigenvalue weighted by atomic mass is 16.4. The zero-order valence-corrected chi connectivity index (χ0v) is 9.16. The molecule has 0 bridgehead atoms. The van der Waals surface area contributed by atoms with Crippen LogP contribution in [0.3, 0.4) is 0 Å². The topological polar surface area (TPSA) is 64.9 Å². The lowest BCUT2D eigenvalue weighted by Crippen LogP contribution is -2.21. The molecule has 0 spiro atoms. The smallest absolute Gasteiger partial charge is 0.219 e. The Bertz CT molecular complexity index is 272. The maximum absolute atomic E-state index is 5.80. The van der Waals surface area contributed by atoms with Crippen molar-refractivity contribution < 1.29 is 4.42 Å². The van der Waals surface area contributed by atoms with E-state index in [1.54, 1.807) is 0 Å². The summed E-state index contributed by atoms with van der Waals surface area (Å²) in [5.41, 5.74) is 5.80. The first kappa shape index (κ1) is 11.2. The summed E-state index contributed by atoms with van der Waals surface area (Å²) in [6, 6.07) is 0.125. The Morgan fingerprint density at radius 1 is 1.29 bits per heavy atom. The van der Waals surface area contributed by atoms with Gasteiger partial charge < -0.3 is 10.2 Å². The van der Waals surface area contributed by atoms with Crippen molar-refractivity contribution in [3.63, 3.8) is 0 Å². The number of nitrogens with zero attached hydrogens (tertiary/aromatic N) is 2. The zero-order chi connectivity index (χ0) is 10.6. The third-order valence-electron chi connectivity index (χ3n) is 2.48. The van der Waals surface area contributed by atoms with Crippen LogP contribution in [0.5, 0.6) is 0 Å². The molecule has 0 fully saturated rings. The van der Waals surface area contributed by atoms with Crippen molar-refractivity contribution in [2.75, 3.05) is 0 Å². The summed E-state index contributed by atoms with van der Waals surface area (Å²) in [7, 11) is 0. The molecular formula is C10H19N3O. The Kier molecular flexibility index (Phi) is 4.07. The van der Waals surface area contributed by atoms with E-state index in [-0.39, 0.29) is 6.04 Å². The highest BCUT2D eigenvalue weighted by molar-refractivity contribution is 4.90. The van der Waals surface area contributed by atoms with E-state index < -0.39 is 0 Å².